The molecule has 1 amide bonds. The van der Waals surface area contributed by atoms with Crippen molar-refractivity contribution in [1.29, 1.82) is 0 Å². The molecule has 0 aliphatic carbocycles. The van der Waals surface area contributed by atoms with Crippen molar-refractivity contribution in [3.63, 3.8) is 0 Å². The summed E-state index contributed by atoms with van der Waals surface area (Å²) >= 11 is -2.07. The molecule has 100 valence electrons. The molecule has 0 fully saturated rings. The maximum Gasteiger partial charge on any atom is 0.449 e. The van der Waals surface area contributed by atoms with Gasteiger partial charge in [0, 0.05) is 18.2 Å². The van der Waals surface area contributed by atoms with Crippen LogP contribution in [0.1, 0.15) is 20.8 Å². The Kier molecular flexibility index (Phi) is 4.53. The maximum absolute atomic E-state index is 12.9. The van der Waals surface area contributed by atoms with Crippen molar-refractivity contribution in [2.45, 2.75) is 31.3 Å². The second kappa shape index (κ2) is 5.53. The summed E-state index contributed by atoms with van der Waals surface area (Å²) < 4.78 is 44.2. The van der Waals surface area contributed by atoms with Gasteiger partial charge in [-0.25, -0.2) is 13.6 Å². The van der Waals surface area contributed by atoms with Gasteiger partial charge in [-0.2, -0.15) is 0 Å². The van der Waals surface area contributed by atoms with E-state index >= 15 is 0 Å². The van der Waals surface area contributed by atoms with E-state index in [9.17, 15) is 18.1 Å². The highest BCUT2D eigenvalue weighted by Gasteiger charge is 2.22. The van der Waals surface area contributed by atoms with E-state index in [-0.39, 0.29) is 4.90 Å². The summed E-state index contributed by atoms with van der Waals surface area (Å²) in [6, 6.07) is 2.39. The Morgan fingerprint density at radius 3 is 2.22 bits per heavy atom. The summed E-state index contributed by atoms with van der Waals surface area (Å²) in [7, 11) is 0. The van der Waals surface area contributed by atoms with Crippen LogP contribution >= 0.6 is 0 Å². The molecule has 18 heavy (non-hydrogen) atoms. The minimum Gasteiger partial charge on any atom is -0.588 e. The van der Waals surface area contributed by atoms with Gasteiger partial charge in [0.2, 0.25) is 0 Å². The Hall–Kier alpha value is -1.34. The molecule has 0 radical (unpaired) electrons. The van der Waals surface area contributed by atoms with E-state index in [1.54, 1.807) is 20.8 Å². The molecule has 7 heteroatoms. The Morgan fingerprint density at radius 2 is 1.78 bits per heavy atom. The van der Waals surface area contributed by atoms with Gasteiger partial charge in [-0.1, -0.05) is 0 Å². The number of benzene rings is 1. The van der Waals surface area contributed by atoms with Crippen LogP contribution in [0.4, 0.5) is 13.6 Å². The number of halogens is 2. The first-order chi connectivity index (χ1) is 8.17. The summed E-state index contributed by atoms with van der Waals surface area (Å²) in [5, 5.41) is 0. The van der Waals surface area contributed by atoms with Crippen molar-refractivity contribution in [2.75, 3.05) is 0 Å². The molecule has 0 heterocycles. The number of rotatable bonds is 2. The number of amides is 1. The van der Waals surface area contributed by atoms with Gasteiger partial charge in [-0.05, 0) is 20.8 Å². The van der Waals surface area contributed by atoms with Gasteiger partial charge in [0.25, 0.3) is 0 Å². The van der Waals surface area contributed by atoms with Gasteiger partial charge in [-0.15, -0.1) is 4.72 Å². The van der Waals surface area contributed by atoms with E-state index in [1.165, 1.54) is 0 Å². The van der Waals surface area contributed by atoms with Crippen LogP contribution in [0, 0.1) is 11.6 Å². The highest BCUT2D eigenvalue weighted by atomic mass is 32.2. The van der Waals surface area contributed by atoms with E-state index in [0.717, 1.165) is 12.1 Å². The predicted molar refractivity (Wildman–Crippen MR) is 62.1 cm³/mol. The van der Waals surface area contributed by atoms with Crippen LogP contribution < -0.4 is 4.72 Å². The Morgan fingerprint density at radius 1 is 1.28 bits per heavy atom. The first kappa shape index (κ1) is 14.7. The number of nitrogens with one attached hydrogen (secondary N) is 1. The fraction of sp³-hybridized carbons (Fsp3) is 0.364. The van der Waals surface area contributed by atoms with Crippen LogP contribution in [0.15, 0.2) is 23.1 Å². The molecule has 1 aromatic rings. The van der Waals surface area contributed by atoms with Gasteiger partial charge in [-0.3, -0.25) is 0 Å². The largest absolute Gasteiger partial charge is 0.588 e. The second-order valence-corrected chi connectivity index (χ2v) is 5.69. The van der Waals surface area contributed by atoms with Crippen molar-refractivity contribution < 1.29 is 22.9 Å². The van der Waals surface area contributed by atoms with Crippen molar-refractivity contribution in [2.24, 2.45) is 0 Å². The lowest BCUT2D eigenvalue weighted by atomic mass is 10.2. The topological polar surface area (TPSA) is 61.4 Å². The van der Waals surface area contributed by atoms with Crippen molar-refractivity contribution in [3.05, 3.63) is 29.8 Å². The molecule has 0 saturated carbocycles. The lowest BCUT2D eigenvalue weighted by molar-refractivity contribution is 0.0570. The van der Waals surface area contributed by atoms with Crippen LogP contribution in [0.3, 0.4) is 0 Å². The van der Waals surface area contributed by atoms with E-state index in [1.807, 2.05) is 4.72 Å². The van der Waals surface area contributed by atoms with Gasteiger partial charge < -0.3 is 9.29 Å². The molecule has 1 aromatic carbocycles. The van der Waals surface area contributed by atoms with E-state index in [4.69, 9.17) is 4.74 Å². The molecule has 0 bridgehead atoms. The second-order valence-electron chi connectivity index (χ2n) is 4.48. The molecular weight excluding hydrogens is 264 g/mol. The molecule has 0 saturated heterocycles. The van der Waals surface area contributed by atoms with E-state index in [0.29, 0.717) is 6.07 Å². The summed E-state index contributed by atoms with van der Waals surface area (Å²) in [4.78, 5) is 11.1. The zero-order valence-corrected chi connectivity index (χ0v) is 10.9. The molecule has 4 nitrogen and oxygen atoms in total. The number of ether oxygens (including phenoxy) is 1. The van der Waals surface area contributed by atoms with Crippen molar-refractivity contribution >= 4 is 17.5 Å². The molecule has 1 N–H and O–H groups in total. The monoisotopic (exact) mass is 277 g/mol. The van der Waals surface area contributed by atoms with Crippen LogP contribution in [-0.4, -0.2) is 16.2 Å². The summed E-state index contributed by atoms with van der Waals surface area (Å²) in [6.45, 7) is 4.91. The SMILES string of the molecule is CC(C)(C)OC(=O)N[S+]([O-])c1cc(F)cc(F)c1. The molecule has 0 aliphatic rings. The molecule has 1 rings (SSSR count). The van der Waals surface area contributed by atoms with Gasteiger partial charge in [0.1, 0.15) is 28.6 Å². The minimum atomic E-state index is -2.07. The Bertz CT molecular complexity index is 428. The zero-order chi connectivity index (χ0) is 13.9. The molecule has 0 spiro atoms. The summed E-state index contributed by atoms with van der Waals surface area (Å²) in [5.74, 6) is -1.74. The zero-order valence-electron chi connectivity index (χ0n) is 10.1. The number of carbonyl (C=O) groups is 1. The fourth-order valence-corrected chi connectivity index (χ4v) is 1.82. The third kappa shape index (κ3) is 4.89. The third-order valence-corrected chi connectivity index (χ3v) is 2.64. The number of carbonyl (C=O) groups excluding carboxylic acids is 1. The molecule has 0 aromatic heterocycles. The fourth-order valence-electron chi connectivity index (χ4n) is 1.07. The summed E-state index contributed by atoms with van der Waals surface area (Å²) in [6.07, 6.45) is -0.925. The van der Waals surface area contributed by atoms with Crippen LogP contribution in [0.2, 0.25) is 0 Å². The lowest BCUT2D eigenvalue weighted by Crippen LogP contribution is -2.36. The third-order valence-electron chi connectivity index (χ3n) is 1.63. The lowest BCUT2D eigenvalue weighted by Gasteiger charge is -2.19. The van der Waals surface area contributed by atoms with Gasteiger partial charge >= 0.3 is 6.09 Å². The standard InChI is InChI=1S/C11H13F2NO3S/c1-11(2,3)17-10(15)14-18(16)9-5-7(12)4-8(13)6-9/h4-6H,1-3H3,(H,14,15). The van der Waals surface area contributed by atoms with Crippen LogP contribution in [0.5, 0.6) is 0 Å². The minimum absolute atomic E-state index is 0.182. The van der Waals surface area contributed by atoms with Crippen molar-refractivity contribution in [3.8, 4) is 0 Å². The Labute approximate surface area is 107 Å². The van der Waals surface area contributed by atoms with Crippen LogP contribution in [0.25, 0.3) is 0 Å². The van der Waals surface area contributed by atoms with E-state index < -0.39 is 34.7 Å². The van der Waals surface area contributed by atoms with Crippen LogP contribution in [-0.2, 0) is 16.1 Å². The smallest absolute Gasteiger partial charge is 0.449 e. The highest BCUT2D eigenvalue weighted by Crippen LogP contribution is 2.14. The quantitative estimate of drug-likeness (QED) is 0.845. The average Bonchev–Trinajstić information content (AvgIpc) is 2.12. The Balaban J connectivity index is 2.70. The average molecular weight is 277 g/mol. The predicted octanol–water partition coefficient (Wildman–Crippen LogP) is 2.51. The highest BCUT2D eigenvalue weighted by molar-refractivity contribution is 7.90. The normalized spacial score (nSPS) is 13.0. The summed E-state index contributed by atoms with van der Waals surface area (Å²) in [5.41, 5.74) is -0.749. The van der Waals surface area contributed by atoms with Gasteiger partial charge in [0.05, 0.1) is 0 Å². The number of hydrogen-bond acceptors (Lipinski definition) is 3. The number of hydrogen-bond donors (Lipinski definition) is 1. The molecule has 1 atom stereocenters. The molecule has 0 aliphatic heterocycles. The first-order valence-electron chi connectivity index (χ1n) is 5.05. The van der Waals surface area contributed by atoms with Crippen molar-refractivity contribution in [1.82, 2.24) is 4.72 Å². The molecular formula is C11H13F2NO3S. The first-order valence-corrected chi connectivity index (χ1v) is 6.20. The molecule has 1 unspecified atom stereocenters. The maximum atomic E-state index is 12.9. The van der Waals surface area contributed by atoms with E-state index in [2.05, 4.69) is 0 Å². The van der Waals surface area contributed by atoms with Gasteiger partial charge in [0.15, 0.2) is 4.90 Å².